The number of hydrogen-bond acceptors (Lipinski definition) is 5. The van der Waals surface area contributed by atoms with Crippen molar-refractivity contribution in [2.24, 2.45) is 0 Å². The van der Waals surface area contributed by atoms with Crippen LogP contribution in [0, 0.1) is 22.0 Å². The highest BCUT2D eigenvalue weighted by molar-refractivity contribution is 8.13. The predicted octanol–water partition coefficient (Wildman–Crippen LogP) is 2.31. The summed E-state index contributed by atoms with van der Waals surface area (Å²) in [6.45, 7) is 1.46. The van der Waals surface area contributed by atoms with Crippen LogP contribution in [-0.4, -0.2) is 26.9 Å². The highest BCUT2D eigenvalue weighted by Gasteiger charge is 2.14. The summed E-state index contributed by atoms with van der Waals surface area (Å²) in [4.78, 5) is 31.7. The molecule has 0 radical (unpaired) electrons. The Morgan fingerprint density at radius 3 is 2.70 bits per heavy atom. The number of nitro groups is 1. The second-order valence-electron chi connectivity index (χ2n) is 3.68. The van der Waals surface area contributed by atoms with Gasteiger partial charge in [-0.1, -0.05) is 23.6 Å². The number of carbonyl (C=O) groups excluding carboxylic acids is 1. The molecule has 0 amide bonds. The van der Waals surface area contributed by atoms with Gasteiger partial charge in [-0.3, -0.25) is 14.9 Å². The van der Waals surface area contributed by atoms with E-state index in [0.29, 0.717) is 12.2 Å². The van der Waals surface area contributed by atoms with Gasteiger partial charge in [0.15, 0.2) is 5.12 Å². The van der Waals surface area contributed by atoms with Gasteiger partial charge in [0, 0.05) is 36.8 Å². The first-order chi connectivity index (χ1) is 9.41. The average molecular weight is 293 g/mol. The van der Waals surface area contributed by atoms with Crippen LogP contribution in [0.15, 0.2) is 18.2 Å². The zero-order valence-electron chi connectivity index (χ0n) is 10.6. The molecule has 0 atom stereocenters. The number of nitro benzene ring substituents is 1. The quantitative estimate of drug-likeness (QED) is 0.396. The van der Waals surface area contributed by atoms with Crippen molar-refractivity contribution < 1.29 is 19.6 Å². The van der Waals surface area contributed by atoms with Crippen molar-refractivity contribution >= 4 is 28.5 Å². The van der Waals surface area contributed by atoms with Crippen molar-refractivity contribution in [3.63, 3.8) is 0 Å². The molecule has 0 unspecified atom stereocenters. The van der Waals surface area contributed by atoms with Gasteiger partial charge in [0.25, 0.3) is 5.69 Å². The lowest BCUT2D eigenvalue weighted by molar-refractivity contribution is -0.384. The van der Waals surface area contributed by atoms with E-state index in [1.54, 1.807) is 0 Å². The van der Waals surface area contributed by atoms with Gasteiger partial charge in [0.05, 0.1) is 10.5 Å². The molecule has 0 aliphatic rings. The Labute approximate surface area is 119 Å². The first-order valence-corrected chi connectivity index (χ1v) is 6.54. The van der Waals surface area contributed by atoms with E-state index in [0.717, 1.165) is 17.8 Å². The molecule has 1 rings (SSSR count). The fourth-order valence-electron chi connectivity index (χ4n) is 1.34. The minimum absolute atomic E-state index is 0.00615. The van der Waals surface area contributed by atoms with Crippen LogP contribution >= 0.6 is 11.8 Å². The number of hydrogen-bond donors (Lipinski definition) is 1. The van der Waals surface area contributed by atoms with E-state index >= 15 is 0 Å². The molecule has 0 fully saturated rings. The Hall–Kier alpha value is -2.33. The Morgan fingerprint density at radius 1 is 1.45 bits per heavy atom. The smallest absolute Gasteiger partial charge is 0.337 e. The Balaban J connectivity index is 2.90. The van der Waals surface area contributed by atoms with Crippen LogP contribution in [0.25, 0.3) is 0 Å². The number of carboxylic acids is 1. The fourth-order valence-corrected chi connectivity index (χ4v) is 1.83. The molecule has 0 bridgehead atoms. The highest BCUT2D eigenvalue weighted by Crippen LogP contribution is 2.17. The number of carbonyl (C=O) groups is 2. The SMILES string of the molecule is CC(=O)SCCC#Cc1ccc([N+](=O)[O-])cc1C(=O)O. The number of non-ortho nitro benzene ring substituents is 1. The van der Waals surface area contributed by atoms with Crippen molar-refractivity contribution in [3.8, 4) is 11.8 Å². The van der Waals surface area contributed by atoms with Gasteiger partial charge in [0.2, 0.25) is 0 Å². The van der Waals surface area contributed by atoms with E-state index in [1.165, 1.54) is 19.1 Å². The van der Waals surface area contributed by atoms with Crippen LogP contribution in [0.1, 0.15) is 29.3 Å². The zero-order chi connectivity index (χ0) is 15.1. The van der Waals surface area contributed by atoms with Gasteiger partial charge in [-0.15, -0.1) is 0 Å². The number of nitrogens with zero attached hydrogens (tertiary/aromatic N) is 1. The first kappa shape index (κ1) is 15.7. The third-order valence-corrected chi connectivity index (χ3v) is 3.01. The molecule has 6 nitrogen and oxygen atoms in total. The molecule has 104 valence electrons. The molecule has 7 heteroatoms. The molecule has 20 heavy (non-hydrogen) atoms. The molecule has 0 aromatic heterocycles. The summed E-state index contributed by atoms with van der Waals surface area (Å²) in [7, 11) is 0. The molecule has 0 aliphatic heterocycles. The minimum Gasteiger partial charge on any atom is -0.478 e. The Morgan fingerprint density at radius 2 is 2.15 bits per heavy atom. The van der Waals surface area contributed by atoms with E-state index < -0.39 is 10.9 Å². The van der Waals surface area contributed by atoms with Gasteiger partial charge in [-0.05, 0) is 6.07 Å². The molecule has 1 aromatic rings. The second kappa shape index (κ2) is 7.31. The van der Waals surface area contributed by atoms with Crippen molar-refractivity contribution in [1.29, 1.82) is 0 Å². The van der Waals surface area contributed by atoms with E-state index in [9.17, 15) is 19.7 Å². The van der Waals surface area contributed by atoms with Crippen LogP contribution in [0.4, 0.5) is 5.69 Å². The van der Waals surface area contributed by atoms with Gasteiger partial charge >= 0.3 is 5.97 Å². The fraction of sp³-hybridized carbons (Fsp3) is 0.231. The van der Waals surface area contributed by atoms with Gasteiger partial charge < -0.3 is 5.11 Å². The molecule has 0 spiro atoms. The molecule has 1 aromatic carbocycles. The predicted molar refractivity (Wildman–Crippen MR) is 74.7 cm³/mol. The van der Waals surface area contributed by atoms with Crippen LogP contribution in [0.3, 0.4) is 0 Å². The number of rotatable bonds is 4. The molecule has 0 saturated carbocycles. The second-order valence-corrected chi connectivity index (χ2v) is 4.96. The molecule has 0 saturated heterocycles. The third kappa shape index (κ3) is 4.74. The summed E-state index contributed by atoms with van der Waals surface area (Å²) < 4.78 is 0. The standard InChI is InChI=1S/C13H11NO5S/c1-9(15)20-7-3-2-4-10-5-6-11(14(18)19)8-12(10)13(16)17/h5-6,8H,3,7H2,1H3,(H,16,17). The van der Waals surface area contributed by atoms with Crippen molar-refractivity contribution in [1.82, 2.24) is 0 Å². The summed E-state index contributed by atoms with van der Waals surface area (Å²) in [6, 6.07) is 3.50. The van der Waals surface area contributed by atoms with E-state index in [2.05, 4.69) is 11.8 Å². The zero-order valence-corrected chi connectivity index (χ0v) is 11.4. The molecular weight excluding hydrogens is 282 g/mol. The molecule has 0 aliphatic carbocycles. The maximum absolute atomic E-state index is 11.0. The lowest BCUT2D eigenvalue weighted by Gasteiger charge is -1.99. The van der Waals surface area contributed by atoms with Gasteiger partial charge in [-0.2, -0.15) is 0 Å². The summed E-state index contributed by atoms with van der Waals surface area (Å²) in [6.07, 6.45) is 0.431. The molecular formula is C13H11NO5S. The Bertz CT molecular complexity index is 615. The number of benzene rings is 1. The van der Waals surface area contributed by atoms with Gasteiger partial charge in [-0.25, -0.2) is 4.79 Å². The van der Waals surface area contributed by atoms with Crippen molar-refractivity contribution in [3.05, 3.63) is 39.4 Å². The highest BCUT2D eigenvalue weighted by atomic mass is 32.2. The van der Waals surface area contributed by atoms with Crippen molar-refractivity contribution in [2.45, 2.75) is 13.3 Å². The topological polar surface area (TPSA) is 97.5 Å². The lowest BCUT2D eigenvalue weighted by atomic mass is 10.1. The third-order valence-electron chi connectivity index (χ3n) is 2.20. The van der Waals surface area contributed by atoms with Gasteiger partial charge in [0.1, 0.15) is 0 Å². The summed E-state index contributed by atoms with van der Waals surface area (Å²) in [5.41, 5.74) is -0.276. The van der Waals surface area contributed by atoms with Crippen LogP contribution < -0.4 is 0 Å². The average Bonchev–Trinajstić information content (AvgIpc) is 2.37. The molecule has 1 N–H and O–H groups in total. The summed E-state index contributed by atoms with van der Waals surface area (Å²) in [5, 5.41) is 19.6. The van der Waals surface area contributed by atoms with Crippen LogP contribution in [-0.2, 0) is 4.79 Å². The monoisotopic (exact) mass is 293 g/mol. The Kier molecular flexibility index (Phi) is 5.74. The number of aromatic carboxylic acids is 1. The van der Waals surface area contributed by atoms with Crippen LogP contribution in [0.5, 0.6) is 0 Å². The minimum atomic E-state index is -1.27. The maximum Gasteiger partial charge on any atom is 0.337 e. The number of thioether (sulfide) groups is 1. The maximum atomic E-state index is 11.0. The van der Waals surface area contributed by atoms with E-state index in [4.69, 9.17) is 5.11 Å². The first-order valence-electron chi connectivity index (χ1n) is 5.55. The number of carboxylic acid groups (broad SMARTS) is 1. The van der Waals surface area contributed by atoms with E-state index in [1.807, 2.05) is 0 Å². The summed E-state index contributed by atoms with van der Waals surface area (Å²) in [5.74, 6) is 4.66. The summed E-state index contributed by atoms with van der Waals surface area (Å²) >= 11 is 1.14. The van der Waals surface area contributed by atoms with Crippen LogP contribution in [0.2, 0.25) is 0 Å². The van der Waals surface area contributed by atoms with E-state index in [-0.39, 0.29) is 21.9 Å². The largest absolute Gasteiger partial charge is 0.478 e. The van der Waals surface area contributed by atoms with Crippen molar-refractivity contribution in [2.75, 3.05) is 5.75 Å². The lowest BCUT2D eigenvalue weighted by Crippen LogP contribution is -2.01. The molecule has 0 heterocycles. The normalized spacial score (nSPS) is 9.45.